The molecule has 0 amide bonds. The molecule has 0 saturated carbocycles. The summed E-state index contributed by atoms with van der Waals surface area (Å²) in [6.45, 7) is 9.23. The fourth-order valence-corrected chi connectivity index (χ4v) is 8.98. The van der Waals surface area contributed by atoms with Crippen molar-refractivity contribution in [3.8, 4) is 11.1 Å². The fraction of sp³-hybridized carbons (Fsp3) is 0.154. The van der Waals surface area contributed by atoms with Crippen LogP contribution in [0.15, 0.2) is 99.0 Å². The predicted octanol–water partition coefficient (Wildman–Crippen LogP) is 0.921. The second-order valence-corrected chi connectivity index (χ2v) is 12.7. The van der Waals surface area contributed by atoms with E-state index in [4.69, 9.17) is 0 Å². The third kappa shape index (κ3) is 4.07. The molecule has 2 bridgehead atoms. The van der Waals surface area contributed by atoms with Crippen LogP contribution in [-0.4, -0.2) is 14.3 Å². The van der Waals surface area contributed by atoms with Gasteiger partial charge in [0.25, 0.3) is 0 Å². The summed E-state index contributed by atoms with van der Waals surface area (Å²) in [6.07, 6.45) is 4.10. The number of aryl methyl sites for hydroxylation is 1. The first-order valence-electron chi connectivity index (χ1n) is 9.91. The number of allylic oxidation sites excluding steroid dienone is 4. The van der Waals surface area contributed by atoms with Crippen molar-refractivity contribution in [1.29, 1.82) is 0 Å². The second-order valence-electron chi connectivity index (χ2n) is 8.41. The minimum absolute atomic E-state index is 0. The maximum atomic E-state index is 4.42. The van der Waals surface area contributed by atoms with Crippen LogP contribution in [0.2, 0.25) is 13.1 Å². The number of aliphatic imine (C=N–C) groups is 1. The van der Waals surface area contributed by atoms with Crippen LogP contribution < -0.4 is 24.8 Å². The molecule has 3 heterocycles. The molecular formula is C26H24Cl2NSiZr. The topological polar surface area (TPSA) is 12.4 Å². The summed E-state index contributed by atoms with van der Waals surface area (Å²) in [5.41, 5.74) is 8.23. The molecule has 0 unspecified atom stereocenters. The molecule has 5 heteroatoms. The van der Waals surface area contributed by atoms with Gasteiger partial charge in [-0.2, -0.15) is 6.07 Å². The normalized spacial score (nSPS) is 16.3. The summed E-state index contributed by atoms with van der Waals surface area (Å²) in [5, 5.41) is 5.95. The van der Waals surface area contributed by atoms with E-state index in [2.05, 4.69) is 98.7 Å². The quantitative estimate of drug-likeness (QED) is 0.322. The third-order valence-corrected chi connectivity index (χ3v) is 9.94. The van der Waals surface area contributed by atoms with Gasteiger partial charge in [0.1, 0.15) is 8.07 Å². The van der Waals surface area contributed by atoms with Crippen molar-refractivity contribution in [1.82, 2.24) is 0 Å². The molecule has 0 saturated heterocycles. The molecule has 0 spiro atoms. The van der Waals surface area contributed by atoms with Crippen LogP contribution >= 0.6 is 0 Å². The smallest absolute Gasteiger partial charge is 1.00 e. The van der Waals surface area contributed by atoms with Gasteiger partial charge in [0.2, 0.25) is 0 Å². The Balaban J connectivity index is 0.000000207. The number of nitrogens with zero attached hydrogens (tertiary/aromatic N) is 1. The molecule has 155 valence electrons. The molecule has 0 atom stereocenters. The number of benzene rings is 2. The maximum absolute atomic E-state index is 4.42. The van der Waals surface area contributed by atoms with Gasteiger partial charge in [0.05, 0.1) is 5.70 Å². The molecular weight excluding hydrogens is 517 g/mol. The predicted molar refractivity (Wildman–Crippen MR) is 123 cm³/mol. The largest absolute Gasteiger partial charge is 3.00 e. The van der Waals surface area contributed by atoms with E-state index in [-0.39, 0.29) is 51.0 Å². The molecule has 0 fully saturated rings. The summed E-state index contributed by atoms with van der Waals surface area (Å²) >= 11 is 0. The SMILES string of the molecule is CC1=C2C3=CC=NC3=C1[Si]2(C)C.Cc1cc2c(-c3ccccc3)cccc2[cH-]1.[Cl-].[Cl-].[Zr+3]. The second kappa shape index (κ2) is 9.63. The number of hydrogen-bond acceptors (Lipinski definition) is 1. The number of halogens is 2. The maximum Gasteiger partial charge on any atom is 3.00 e. The van der Waals surface area contributed by atoms with Gasteiger partial charge in [0.15, 0.2) is 0 Å². The molecule has 3 aromatic rings. The van der Waals surface area contributed by atoms with Crippen LogP contribution in [0.25, 0.3) is 21.9 Å². The molecule has 1 aliphatic carbocycles. The standard InChI is InChI=1S/C16H13.C10H11NSi.2ClH.Zr/c1-12-10-14-8-5-9-15(16(14)11-12)13-6-3-2-4-7-13;1-6-9-7-4-5-11-8(7)10(6)12(9,2)3;;;/h2-11H,1H3;4-5H,1-3H3;2*1H;/q-1;;;;+3/p-2. The van der Waals surface area contributed by atoms with Crippen molar-refractivity contribution < 1.29 is 51.0 Å². The van der Waals surface area contributed by atoms with Crippen molar-refractivity contribution in [2.45, 2.75) is 26.9 Å². The van der Waals surface area contributed by atoms with E-state index in [0.717, 1.165) is 0 Å². The number of hydrogen-bond donors (Lipinski definition) is 0. The van der Waals surface area contributed by atoms with Gasteiger partial charge in [-0.3, -0.25) is 4.99 Å². The number of fused-ring (bicyclic) bond motifs is 1. The first kappa shape index (κ1) is 25.9. The Morgan fingerprint density at radius 1 is 0.871 bits per heavy atom. The average molecular weight is 541 g/mol. The Labute approximate surface area is 217 Å². The Kier molecular flexibility index (Phi) is 8.04. The summed E-state index contributed by atoms with van der Waals surface area (Å²) in [6, 6.07) is 21.6. The van der Waals surface area contributed by atoms with Gasteiger partial charge in [-0.05, 0) is 34.5 Å². The Morgan fingerprint density at radius 3 is 2.23 bits per heavy atom. The molecule has 31 heavy (non-hydrogen) atoms. The molecule has 4 aliphatic rings. The van der Waals surface area contributed by atoms with E-state index in [1.54, 1.807) is 10.4 Å². The van der Waals surface area contributed by atoms with Crippen LogP contribution in [0.5, 0.6) is 0 Å². The zero-order valence-corrected chi connectivity index (χ0v) is 23.1. The summed E-state index contributed by atoms with van der Waals surface area (Å²) < 4.78 is 0. The summed E-state index contributed by atoms with van der Waals surface area (Å²) in [4.78, 5) is 4.42. The van der Waals surface area contributed by atoms with Gasteiger partial charge in [0, 0.05) is 11.8 Å². The van der Waals surface area contributed by atoms with E-state index in [1.165, 1.54) is 44.3 Å². The molecule has 0 aromatic heterocycles. The van der Waals surface area contributed by atoms with Crippen molar-refractivity contribution >= 4 is 25.1 Å². The van der Waals surface area contributed by atoms with Gasteiger partial charge in [-0.15, -0.1) is 34.5 Å². The zero-order chi connectivity index (χ0) is 19.5. The van der Waals surface area contributed by atoms with E-state index in [1.807, 2.05) is 6.21 Å². The molecule has 1 radical (unpaired) electrons. The molecule has 3 aliphatic heterocycles. The zero-order valence-electron chi connectivity index (χ0n) is 18.1. The van der Waals surface area contributed by atoms with Gasteiger partial charge < -0.3 is 24.8 Å². The Bertz CT molecular complexity index is 1250. The summed E-state index contributed by atoms with van der Waals surface area (Å²) in [7, 11) is -1.13. The first-order chi connectivity index (χ1) is 13.5. The van der Waals surface area contributed by atoms with Gasteiger partial charge in [-0.1, -0.05) is 62.0 Å². The van der Waals surface area contributed by atoms with Crippen LogP contribution in [0.3, 0.4) is 0 Å². The van der Waals surface area contributed by atoms with E-state index < -0.39 is 8.07 Å². The Hall–Kier alpha value is -1.38. The van der Waals surface area contributed by atoms with E-state index in [0.29, 0.717) is 0 Å². The molecule has 3 aromatic carbocycles. The first-order valence-corrected chi connectivity index (χ1v) is 12.9. The van der Waals surface area contributed by atoms with Crippen LogP contribution in [-0.2, 0) is 26.2 Å². The minimum atomic E-state index is -1.13. The van der Waals surface area contributed by atoms with Crippen LogP contribution in [0.4, 0.5) is 0 Å². The van der Waals surface area contributed by atoms with Crippen molar-refractivity contribution in [3.05, 3.63) is 99.5 Å². The minimum Gasteiger partial charge on any atom is -1.00 e. The molecule has 0 N–H and O–H groups in total. The van der Waals surface area contributed by atoms with Crippen LogP contribution in [0.1, 0.15) is 12.5 Å². The van der Waals surface area contributed by atoms with Crippen LogP contribution in [0, 0.1) is 6.92 Å². The average Bonchev–Trinajstić information content (AvgIpc) is 3.38. The third-order valence-electron chi connectivity index (χ3n) is 6.19. The molecule has 1 nitrogen and oxygen atoms in total. The Morgan fingerprint density at radius 2 is 1.58 bits per heavy atom. The number of rotatable bonds is 1. The monoisotopic (exact) mass is 538 g/mol. The van der Waals surface area contributed by atoms with Crippen molar-refractivity contribution in [2.24, 2.45) is 4.99 Å². The van der Waals surface area contributed by atoms with E-state index >= 15 is 0 Å². The summed E-state index contributed by atoms with van der Waals surface area (Å²) in [5.74, 6) is 0. The van der Waals surface area contributed by atoms with Crippen molar-refractivity contribution in [2.75, 3.05) is 0 Å². The van der Waals surface area contributed by atoms with E-state index in [9.17, 15) is 0 Å². The van der Waals surface area contributed by atoms with Gasteiger partial charge in [-0.25, -0.2) is 0 Å². The molecule has 7 rings (SSSR count). The van der Waals surface area contributed by atoms with Crippen molar-refractivity contribution in [3.63, 3.8) is 0 Å². The fourth-order valence-electron chi connectivity index (χ4n) is 5.13. The van der Waals surface area contributed by atoms with Gasteiger partial charge >= 0.3 is 26.2 Å².